The monoisotopic (exact) mass is 365 g/mol. The van der Waals surface area contributed by atoms with Gasteiger partial charge in [-0.1, -0.05) is 0 Å². The molecule has 0 radical (unpaired) electrons. The van der Waals surface area contributed by atoms with Gasteiger partial charge in [0.15, 0.2) is 0 Å². The topological polar surface area (TPSA) is 53.1 Å². The Balaban J connectivity index is 1.51. The van der Waals surface area contributed by atoms with Crippen LogP contribution in [0, 0.1) is 5.92 Å². The molecule has 3 rings (SSSR count). The molecule has 2 amide bonds. The van der Waals surface area contributed by atoms with E-state index in [0.29, 0.717) is 30.7 Å². The molecule has 0 aromatic rings. The van der Waals surface area contributed by atoms with Crippen molar-refractivity contribution < 1.29 is 14.3 Å². The molecule has 3 aliphatic heterocycles. The van der Waals surface area contributed by atoms with Crippen LogP contribution in [0.15, 0.2) is 0 Å². The first-order chi connectivity index (χ1) is 12.6. The minimum Gasteiger partial charge on any atom is -0.381 e. The average molecular weight is 366 g/mol. The van der Waals surface area contributed by atoms with E-state index in [9.17, 15) is 9.59 Å². The third-order valence-electron chi connectivity index (χ3n) is 6.25. The number of carbonyl (C=O) groups is 2. The quantitative estimate of drug-likeness (QED) is 0.690. The Kier molecular flexibility index (Phi) is 7.32. The van der Waals surface area contributed by atoms with E-state index in [4.69, 9.17) is 4.74 Å². The van der Waals surface area contributed by atoms with Crippen molar-refractivity contribution in [1.29, 1.82) is 0 Å². The van der Waals surface area contributed by atoms with Crippen LogP contribution in [0.25, 0.3) is 0 Å². The van der Waals surface area contributed by atoms with Crippen LogP contribution in [-0.4, -0.2) is 85.5 Å². The first-order valence-corrected chi connectivity index (χ1v) is 10.5. The van der Waals surface area contributed by atoms with Crippen molar-refractivity contribution in [3.8, 4) is 0 Å². The molecule has 0 spiro atoms. The van der Waals surface area contributed by atoms with Gasteiger partial charge in [0.25, 0.3) is 0 Å². The third kappa shape index (κ3) is 5.43. The first-order valence-electron chi connectivity index (χ1n) is 10.5. The van der Waals surface area contributed by atoms with Gasteiger partial charge in [-0.3, -0.25) is 9.59 Å². The molecule has 6 nitrogen and oxygen atoms in total. The largest absolute Gasteiger partial charge is 0.381 e. The lowest BCUT2D eigenvalue weighted by Gasteiger charge is -2.36. The summed E-state index contributed by atoms with van der Waals surface area (Å²) < 4.78 is 5.49. The number of hydrogen-bond acceptors (Lipinski definition) is 4. The fourth-order valence-corrected chi connectivity index (χ4v) is 4.51. The van der Waals surface area contributed by atoms with Crippen molar-refractivity contribution in [2.75, 3.05) is 53.0 Å². The van der Waals surface area contributed by atoms with Gasteiger partial charge in [0.1, 0.15) is 0 Å². The minimum atomic E-state index is 0.278. The maximum atomic E-state index is 13.1. The van der Waals surface area contributed by atoms with Crippen LogP contribution < -0.4 is 0 Å². The van der Waals surface area contributed by atoms with E-state index in [-0.39, 0.29) is 5.91 Å². The Hall–Kier alpha value is -1.14. The highest BCUT2D eigenvalue weighted by Gasteiger charge is 2.29. The predicted octanol–water partition coefficient (Wildman–Crippen LogP) is 1.74. The van der Waals surface area contributed by atoms with Crippen molar-refractivity contribution in [2.45, 2.75) is 57.4 Å². The molecule has 3 saturated heterocycles. The molecule has 0 saturated carbocycles. The Labute approximate surface area is 157 Å². The lowest BCUT2D eigenvalue weighted by molar-refractivity contribution is -0.137. The van der Waals surface area contributed by atoms with Crippen LogP contribution in [-0.2, 0) is 14.3 Å². The predicted molar refractivity (Wildman–Crippen MR) is 101 cm³/mol. The number of rotatable bonds is 7. The fourth-order valence-electron chi connectivity index (χ4n) is 4.51. The second-order valence-corrected chi connectivity index (χ2v) is 8.22. The molecular weight excluding hydrogens is 330 g/mol. The summed E-state index contributed by atoms with van der Waals surface area (Å²) >= 11 is 0. The molecular formula is C20H35N3O3. The highest BCUT2D eigenvalue weighted by molar-refractivity contribution is 5.78. The Bertz CT molecular complexity index is 471. The number of ether oxygens (including phenoxy) is 1. The molecule has 0 aromatic heterocycles. The van der Waals surface area contributed by atoms with Gasteiger partial charge < -0.3 is 19.4 Å². The summed E-state index contributed by atoms with van der Waals surface area (Å²) in [5.74, 6) is 1.13. The number of amides is 2. The van der Waals surface area contributed by atoms with Gasteiger partial charge in [-0.25, -0.2) is 0 Å². The van der Waals surface area contributed by atoms with Crippen LogP contribution in [0.1, 0.15) is 51.4 Å². The molecule has 3 heterocycles. The van der Waals surface area contributed by atoms with E-state index in [1.54, 1.807) is 0 Å². The summed E-state index contributed by atoms with van der Waals surface area (Å²) in [6.45, 7) is 6.18. The normalized spacial score (nSPS) is 23.6. The Morgan fingerprint density at radius 1 is 1.15 bits per heavy atom. The van der Waals surface area contributed by atoms with Gasteiger partial charge in [0.05, 0.1) is 0 Å². The third-order valence-corrected chi connectivity index (χ3v) is 6.25. The first kappa shape index (κ1) is 19.6. The fraction of sp³-hybridized carbons (Fsp3) is 0.900. The number of carbonyl (C=O) groups excluding carboxylic acids is 2. The molecule has 0 bridgehead atoms. The summed E-state index contributed by atoms with van der Waals surface area (Å²) in [6.07, 6.45) is 7.41. The maximum absolute atomic E-state index is 13.1. The van der Waals surface area contributed by atoms with Gasteiger partial charge in [0.2, 0.25) is 11.8 Å². The van der Waals surface area contributed by atoms with E-state index in [1.165, 1.54) is 0 Å². The Morgan fingerprint density at radius 2 is 1.88 bits per heavy atom. The number of nitrogens with zero attached hydrogens (tertiary/aromatic N) is 3. The Morgan fingerprint density at radius 3 is 2.54 bits per heavy atom. The summed E-state index contributed by atoms with van der Waals surface area (Å²) in [5, 5.41) is 0. The SMILES string of the molecule is CN1CCC(CC(=O)N(CCCN2CCCC2=O)C2CCOCC2)CC1. The molecule has 0 unspecified atom stereocenters. The van der Waals surface area contributed by atoms with Crippen molar-refractivity contribution in [3.05, 3.63) is 0 Å². The van der Waals surface area contributed by atoms with Gasteiger partial charge in [0, 0.05) is 51.7 Å². The van der Waals surface area contributed by atoms with Crippen LogP contribution >= 0.6 is 0 Å². The highest BCUT2D eigenvalue weighted by Crippen LogP contribution is 2.23. The minimum absolute atomic E-state index is 0.278. The molecule has 26 heavy (non-hydrogen) atoms. The van der Waals surface area contributed by atoms with Gasteiger partial charge >= 0.3 is 0 Å². The summed E-state index contributed by atoms with van der Waals surface area (Å²) in [5.41, 5.74) is 0. The molecule has 0 aromatic carbocycles. The van der Waals surface area contributed by atoms with Crippen molar-refractivity contribution in [3.63, 3.8) is 0 Å². The summed E-state index contributed by atoms with van der Waals surface area (Å²) in [7, 11) is 2.16. The van der Waals surface area contributed by atoms with Crippen LogP contribution in [0.3, 0.4) is 0 Å². The zero-order valence-corrected chi connectivity index (χ0v) is 16.3. The van der Waals surface area contributed by atoms with Crippen molar-refractivity contribution in [1.82, 2.24) is 14.7 Å². The lowest BCUT2D eigenvalue weighted by atomic mass is 9.92. The molecule has 0 aliphatic carbocycles. The summed E-state index contributed by atoms with van der Waals surface area (Å²) in [4.78, 5) is 31.3. The highest BCUT2D eigenvalue weighted by atomic mass is 16.5. The van der Waals surface area contributed by atoms with E-state index >= 15 is 0 Å². The maximum Gasteiger partial charge on any atom is 0.223 e. The standard InChI is InChI=1S/C20H35N3O3/c1-21-12-5-17(6-13-21)16-20(25)23(18-7-14-26-15-8-18)11-3-10-22-9-2-4-19(22)24/h17-18H,2-16H2,1H3. The lowest BCUT2D eigenvalue weighted by Crippen LogP contribution is -2.45. The second-order valence-electron chi connectivity index (χ2n) is 8.22. The van der Waals surface area contributed by atoms with Crippen LogP contribution in [0.4, 0.5) is 0 Å². The van der Waals surface area contributed by atoms with E-state index in [0.717, 1.165) is 84.5 Å². The molecule has 6 heteroatoms. The molecule has 3 aliphatic rings. The second kappa shape index (κ2) is 9.70. The van der Waals surface area contributed by atoms with Gasteiger partial charge in [-0.15, -0.1) is 0 Å². The molecule has 3 fully saturated rings. The molecule has 0 atom stereocenters. The van der Waals surface area contributed by atoms with E-state index in [1.807, 2.05) is 4.90 Å². The smallest absolute Gasteiger partial charge is 0.223 e. The van der Waals surface area contributed by atoms with Crippen LogP contribution in [0.2, 0.25) is 0 Å². The van der Waals surface area contributed by atoms with E-state index in [2.05, 4.69) is 16.8 Å². The molecule has 0 N–H and O–H groups in total. The summed E-state index contributed by atoms with van der Waals surface area (Å²) in [6, 6.07) is 0.316. The van der Waals surface area contributed by atoms with Crippen molar-refractivity contribution >= 4 is 11.8 Å². The van der Waals surface area contributed by atoms with Crippen LogP contribution in [0.5, 0.6) is 0 Å². The number of hydrogen-bond donors (Lipinski definition) is 0. The number of likely N-dealkylation sites (tertiary alicyclic amines) is 2. The van der Waals surface area contributed by atoms with Crippen molar-refractivity contribution in [2.24, 2.45) is 5.92 Å². The number of piperidine rings is 1. The molecule has 148 valence electrons. The zero-order valence-electron chi connectivity index (χ0n) is 16.3. The van der Waals surface area contributed by atoms with Gasteiger partial charge in [-0.2, -0.15) is 0 Å². The van der Waals surface area contributed by atoms with E-state index < -0.39 is 0 Å². The zero-order chi connectivity index (χ0) is 18.4. The average Bonchev–Trinajstić information content (AvgIpc) is 3.06. The van der Waals surface area contributed by atoms with Gasteiger partial charge in [-0.05, 0) is 64.6 Å².